The van der Waals surface area contributed by atoms with Crippen molar-refractivity contribution in [3.05, 3.63) is 36.5 Å². The van der Waals surface area contributed by atoms with Gasteiger partial charge in [0.15, 0.2) is 5.92 Å². The maximum absolute atomic E-state index is 10.7. The molecule has 0 heterocycles. The molecule has 0 bridgehead atoms. The topological polar surface area (TPSA) is 74.6 Å². The van der Waals surface area contributed by atoms with Gasteiger partial charge in [-0.2, -0.15) is 0 Å². The molecule has 0 aliphatic rings. The molecule has 0 amide bonds. The Morgan fingerprint density at radius 2 is 1.20 bits per heavy atom. The molecule has 4 heteroatoms. The molecular weight excluding hydrogens is 316 g/mol. The number of hydrogen-bond acceptors (Lipinski definition) is 2. The molecule has 0 aromatic rings. The van der Waals surface area contributed by atoms with Gasteiger partial charge in [-0.3, -0.25) is 9.59 Å². The third-order valence-corrected chi connectivity index (χ3v) is 3.98. The smallest absolute Gasteiger partial charge is 0.317 e. The molecule has 0 rings (SSSR count). The van der Waals surface area contributed by atoms with Gasteiger partial charge in [0.1, 0.15) is 0 Å². The van der Waals surface area contributed by atoms with Gasteiger partial charge < -0.3 is 10.2 Å². The summed E-state index contributed by atoms with van der Waals surface area (Å²) >= 11 is 0. The van der Waals surface area contributed by atoms with Crippen molar-refractivity contribution in [2.45, 2.75) is 77.6 Å². The lowest BCUT2D eigenvalue weighted by molar-refractivity contribution is -0.154. The Morgan fingerprint density at radius 1 is 0.720 bits per heavy atom. The van der Waals surface area contributed by atoms with Crippen LogP contribution in [0.4, 0.5) is 0 Å². The zero-order valence-electron chi connectivity index (χ0n) is 15.5. The molecule has 25 heavy (non-hydrogen) atoms. The number of allylic oxidation sites excluding steroid dienone is 6. The van der Waals surface area contributed by atoms with Crippen molar-refractivity contribution < 1.29 is 19.8 Å². The van der Waals surface area contributed by atoms with E-state index in [1.807, 2.05) is 0 Å². The maximum Gasteiger partial charge on any atom is 0.317 e. The molecule has 0 fully saturated rings. The normalized spacial score (nSPS) is 12.1. The molecule has 0 aliphatic carbocycles. The van der Waals surface area contributed by atoms with Crippen LogP contribution in [0.5, 0.6) is 0 Å². The summed E-state index contributed by atoms with van der Waals surface area (Å²) in [7, 11) is 0. The highest BCUT2D eigenvalue weighted by Gasteiger charge is 2.24. The van der Waals surface area contributed by atoms with Gasteiger partial charge in [0.25, 0.3) is 0 Å². The zero-order chi connectivity index (χ0) is 18.8. The fourth-order valence-electron chi connectivity index (χ4n) is 2.43. The van der Waals surface area contributed by atoms with Gasteiger partial charge in [-0.05, 0) is 44.9 Å². The predicted molar refractivity (Wildman–Crippen MR) is 103 cm³/mol. The Hall–Kier alpha value is -1.84. The molecule has 0 aromatic carbocycles. The summed E-state index contributed by atoms with van der Waals surface area (Å²) in [5.41, 5.74) is 0. The number of carbonyl (C=O) groups is 2. The molecule has 0 atom stereocenters. The predicted octanol–water partition coefficient (Wildman–Crippen LogP) is 5.75. The number of carboxylic acid groups (broad SMARTS) is 2. The number of unbranched alkanes of at least 4 members (excludes halogenated alkanes) is 6. The molecule has 142 valence electrons. The summed E-state index contributed by atoms with van der Waals surface area (Å²) < 4.78 is 0. The summed E-state index contributed by atoms with van der Waals surface area (Å²) in [4.78, 5) is 21.5. The monoisotopic (exact) mass is 350 g/mol. The third kappa shape index (κ3) is 15.4. The first-order valence-corrected chi connectivity index (χ1v) is 9.50. The van der Waals surface area contributed by atoms with Crippen LogP contribution in [0.2, 0.25) is 0 Å². The average molecular weight is 350 g/mol. The first-order chi connectivity index (χ1) is 12.1. The number of aliphatic carboxylic acids is 2. The molecule has 0 aromatic heterocycles. The highest BCUT2D eigenvalue weighted by atomic mass is 16.4. The van der Waals surface area contributed by atoms with E-state index in [0.717, 1.165) is 32.1 Å². The largest absolute Gasteiger partial charge is 0.481 e. The highest BCUT2D eigenvalue weighted by Crippen LogP contribution is 2.12. The minimum Gasteiger partial charge on any atom is -0.481 e. The molecule has 0 aliphatic heterocycles. The highest BCUT2D eigenvalue weighted by molar-refractivity contribution is 5.92. The first kappa shape index (κ1) is 23.2. The summed E-state index contributed by atoms with van der Waals surface area (Å²) in [5, 5.41) is 17.5. The fourth-order valence-corrected chi connectivity index (χ4v) is 2.43. The van der Waals surface area contributed by atoms with E-state index < -0.39 is 17.9 Å². The van der Waals surface area contributed by atoms with Crippen molar-refractivity contribution in [2.75, 3.05) is 0 Å². The van der Waals surface area contributed by atoms with Crippen molar-refractivity contribution in [1.29, 1.82) is 0 Å². The van der Waals surface area contributed by atoms with E-state index in [4.69, 9.17) is 10.2 Å². The standard InChI is InChI=1S/C21H34O4/c1-2-3-4-5-6-7-8-9-10-11-12-13-14-15-16-17-18-19(20(22)23)21(24)25/h6-7,9-10,12-13,19H,2-5,8,11,14-18H2,1H3,(H,22,23)(H,24,25)/b7-6-,10-9-,13-12-. The van der Waals surface area contributed by atoms with E-state index in [9.17, 15) is 9.59 Å². The summed E-state index contributed by atoms with van der Waals surface area (Å²) in [6.45, 7) is 2.22. The summed E-state index contributed by atoms with van der Waals surface area (Å²) in [5.74, 6) is -3.74. The fraction of sp³-hybridized carbons (Fsp3) is 0.619. The van der Waals surface area contributed by atoms with Crippen molar-refractivity contribution >= 4 is 11.9 Å². The van der Waals surface area contributed by atoms with E-state index >= 15 is 0 Å². The van der Waals surface area contributed by atoms with Crippen LogP contribution in [0.1, 0.15) is 77.6 Å². The number of carboxylic acids is 2. The molecule has 0 saturated heterocycles. The van der Waals surface area contributed by atoms with Crippen molar-refractivity contribution in [3.8, 4) is 0 Å². The second-order valence-corrected chi connectivity index (χ2v) is 6.25. The van der Waals surface area contributed by atoms with Crippen LogP contribution in [0.15, 0.2) is 36.5 Å². The lowest BCUT2D eigenvalue weighted by atomic mass is 10.0. The maximum atomic E-state index is 10.7. The second kappa shape index (κ2) is 17.0. The first-order valence-electron chi connectivity index (χ1n) is 9.50. The van der Waals surface area contributed by atoms with Gasteiger partial charge >= 0.3 is 11.9 Å². The Balaban J connectivity index is 3.53. The Kier molecular flexibility index (Phi) is 15.7. The van der Waals surface area contributed by atoms with E-state index in [1.54, 1.807) is 0 Å². The Labute approximate surface area is 152 Å². The molecule has 0 radical (unpaired) electrons. The van der Waals surface area contributed by atoms with Crippen LogP contribution in [0, 0.1) is 5.92 Å². The third-order valence-electron chi connectivity index (χ3n) is 3.98. The Morgan fingerprint density at radius 3 is 1.68 bits per heavy atom. The number of hydrogen-bond donors (Lipinski definition) is 2. The molecule has 0 spiro atoms. The minimum absolute atomic E-state index is 0.211. The van der Waals surface area contributed by atoms with Crippen LogP contribution in [-0.4, -0.2) is 22.2 Å². The van der Waals surface area contributed by atoms with Crippen LogP contribution in [-0.2, 0) is 9.59 Å². The molecule has 0 saturated carbocycles. The zero-order valence-corrected chi connectivity index (χ0v) is 15.5. The van der Waals surface area contributed by atoms with Gasteiger partial charge in [-0.1, -0.05) is 69.1 Å². The van der Waals surface area contributed by atoms with Crippen LogP contribution in [0.25, 0.3) is 0 Å². The van der Waals surface area contributed by atoms with Gasteiger partial charge in [0.05, 0.1) is 0 Å². The van der Waals surface area contributed by atoms with E-state index in [0.29, 0.717) is 6.42 Å². The van der Waals surface area contributed by atoms with Crippen LogP contribution in [0.3, 0.4) is 0 Å². The lowest BCUT2D eigenvalue weighted by Gasteiger charge is -2.06. The van der Waals surface area contributed by atoms with E-state index in [1.165, 1.54) is 25.7 Å². The molecule has 2 N–H and O–H groups in total. The van der Waals surface area contributed by atoms with Gasteiger partial charge in [-0.25, -0.2) is 0 Å². The minimum atomic E-state index is -1.26. The van der Waals surface area contributed by atoms with Gasteiger partial charge in [-0.15, -0.1) is 0 Å². The van der Waals surface area contributed by atoms with E-state index in [-0.39, 0.29) is 6.42 Å². The van der Waals surface area contributed by atoms with Crippen molar-refractivity contribution in [1.82, 2.24) is 0 Å². The summed E-state index contributed by atoms with van der Waals surface area (Å²) in [6, 6.07) is 0. The molecule has 0 unspecified atom stereocenters. The average Bonchev–Trinajstić information content (AvgIpc) is 2.57. The summed E-state index contributed by atoms with van der Waals surface area (Å²) in [6.07, 6.45) is 23.7. The van der Waals surface area contributed by atoms with Gasteiger partial charge in [0.2, 0.25) is 0 Å². The van der Waals surface area contributed by atoms with Crippen molar-refractivity contribution in [3.63, 3.8) is 0 Å². The molecular formula is C21H34O4. The second-order valence-electron chi connectivity index (χ2n) is 6.25. The lowest BCUT2D eigenvalue weighted by Crippen LogP contribution is -2.23. The van der Waals surface area contributed by atoms with Gasteiger partial charge in [0, 0.05) is 0 Å². The van der Waals surface area contributed by atoms with Crippen molar-refractivity contribution in [2.24, 2.45) is 5.92 Å². The van der Waals surface area contributed by atoms with E-state index in [2.05, 4.69) is 43.4 Å². The van der Waals surface area contributed by atoms with Crippen LogP contribution < -0.4 is 0 Å². The number of rotatable bonds is 16. The SMILES string of the molecule is CCCCC/C=C\C/C=C\C/C=C\CCCCCC(C(=O)O)C(=O)O. The molecule has 4 nitrogen and oxygen atoms in total. The quantitative estimate of drug-likeness (QED) is 0.211. The Bertz CT molecular complexity index is 421. The van der Waals surface area contributed by atoms with Crippen LogP contribution >= 0.6 is 0 Å².